The average Bonchev–Trinajstić information content (AvgIpc) is 3.13. The number of amides is 1. The number of rotatable bonds is 5. The van der Waals surface area contributed by atoms with Crippen LogP contribution < -0.4 is 10.1 Å². The van der Waals surface area contributed by atoms with Crippen LogP contribution in [0.3, 0.4) is 0 Å². The second-order valence-corrected chi connectivity index (χ2v) is 7.67. The molecule has 152 valence electrons. The van der Waals surface area contributed by atoms with Crippen LogP contribution in [-0.4, -0.2) is 17.0 Å². The van der Waals surface area contributed by atoms with E-state index in [9.17, 15) is 4.79 Å². The maximum Gasteiger partial charge on any atom is 0.265 e. The third-order valence-corrected chi connectivity index (χ3v) is 4.97. The smallest absolute Gasteiger partial charge is 0.265 e. The second kappa shape index (κ2) is 8.20. The van der Waals surface area contributed by atoms with Gasteiger partial charge in [-0.05, 0) is 68.8 Å². The van der Waals surface area contributed by atoms with Crippen LogP contribution in [0.2, 0.25) is 5.02 Å². The van der Waals surface area contributed by atoms with E-state index >= 15 is 0 Å². The zero-order chi connectivity index (χ0) is 21.3. The van der Waals surface area contributed by atoms with Crippen LogP contribution in [0.25, 0.3) is 22.6 Å². The number of fused-ring (bicyclic) bond motifs is 1. The molecular formula is C24H21ClN2O3. The molecule has 1 aromatic heterocycles. The number of hydrogen-bond donors (Lipinski definition) is 1. The number of nitrogens with one attached hydrogen (secondary N) is 1. The molecule has 0 fully saturated rings. The Morgan fingerprint density at radius 1 is 1.10 bits per heavy atom. The summed E-state index contributed by atoms with van der Waals surface area (Å²) in [6, 6.07) is 18.6. The molecule has 30 heavy (non-hydrogen) atoms. The molecule has 0 aliphatic rings. The molecule has 4 rings (SSSR count). The Morgan fingerprint density at radius 3 is 2.70 bits per heavy atom. The first-order chi connectivity index (χ1) is 14.4. The molecule has 1 N–H and O–H groups in total. The standard InChI is InChI=1S/C24H21ClN2O3/c1-14-5-4-6-17(11-14)24-27-20-9-8-19(13-22(20)30-24)26-23(28)16(3)29-21-10-7-18(25)12-15(21)2/h4-13,16H,1-3H3,(H,26,28). The zero-order valence-corrected chi connectivity index (χ0v) is 17.7. The predicted octanol–water partition coefficient (Wildman–Crippen LogP) is 6.17. The molecule has 3 aromatic carbocycles. The van der Waals surface area contributed by atoms with Gasteiger partial charge in [-0.1, -0.05) is 29.3 Å². The van der Waals surface area contributed by atoms with Gasteiger partial charge in [-0.2, -0.15) is 0 Å². The van der Waals surface area contributed by atoms with Gasteiger partial charge in [-0.3, -0.25) is 4.79 Å². The Morgan fingerprint density at radius 2 is 1.93 bits per heavy atom. The van der Waals surface area contributed by atoms with Crippen molar-refractivity contribution in [1.82, 2.24) is 4.98 Å². The van der Waals surface area contributed by atoms with Gasteiger partial charge in [0.25, 0.3) is 5.91 Å². The normalized spacial score (nSPS) is 12.0. The lowest BCUT2D eigenvalue weighted by Gasteiger charge is -2.16. The first kappa shape index (κ1) is 20.0. The molecule has 1 amide bonds. The molecule has 1 unspecified atom stereocenters. The molecule has 4 aromatic rings. The van der Waals surface area contributed by atoms with Crippen molar-refractivity contribution in [3.05, 3.63) is 76.8 Å². The summed E-state index contributed by atoms with van der Waals surface area (Å²) in [4.78, 5) is 17.1. The highest BCUT2D eigenvalue weighted by molar-refractivity contribution is 6.30. The zero-order valence-electron chi connectivity index (χ0n) is 16.9. The lowest BCUT2D eigenvalue weighted by atomic mass is 10.1. The highest BCUT2D eigenvalue weighted by atomic mass is 35.5. The highest BCUT2D eigenvalue weighted by Crippen LogP contribution is 2.27. The summed E-state index contributed by atoms with van der Waals surface area (Å²) in [5, 5.41) is 3.49. The minimum atomic E-state index is -0.682. The van der Waals surface area contributed by atoms with Crippen molar-refractivity contribution < 1.29 is 13.9 Å². The van der Waals surface area contributed by atoms with E-state index in [4.69, 9.17) is 20.8 Å². The van der Waals surface area contributed by atoms with E-state index in [1.54, 1.807) is 37.3 Å². The van der Waals surface area contributed by atoms with Crippen LogP contribution in [0, 0.1) is 13.8 Å². The fourth-order valence-electron chi connectivity index (χ4n) is 3.14. The first-order valence-electron chi connectivity index (χ1n) is 9.60. The third-order valence-electron chi connectivity index (χ3n) is 4.73. The van der Waals surface area contributed by atoms with Gasteiger partial charge in [0.2, 0.25) is 5.89 Å². The Kier molecular flexibility index (Phi) is 5.46. The lowest BCUT2D eigenvalue weighted by Crippen LogP contribution is -2.30. The molecule has 0 aliphatic carbocycles. The largest absolute Gasteiger partial charge is 0.481 e. The summed E-state index contributed by atoms with van der Waals surface area (Å²) in [7, 11) is 0. The molecule has 6 heteroatoms. The summed E-state index contributed by atoms with van der Waals surface area (Å²) in [5.41, 5.74) is 4.86. The number of hydrogen-bond acceptors (Lipinski definition) is 4. The van der Waals surface area contributed by atoms with E-state index in [-0.39, 0.29) is 5.91 Å². The first-order valence-corrected chi connectivity index (χ1v) is 9.98. The Hall–Kier alpha value is -3.31. The van der Waals surface area contributed by atoms with Crippen molar-refractivity contribution in [3.63, 3.8) is 0 Å². The molecule has 0 aliphatic heterocycles. The number of benzene rings is 3. The van der Waals surface area contributed by atoms with Crippen LogP contribution in [0.5, 0.6) is 5.75 Å². The molecule has 0 spiro atoms. The Labute approximate surface area is 179 Å². The third kappa shape index (κ3) is 4.31. The van der Waals surface area contributed by atoms with E-state index in [1.165, 1.54) is 0 Å². The maximum absolute atomic E-state index is 12.6. The molecule has 1 heterocycles. The van der Waals surface area contributed by atoms with Crippen molar-refractivity contribution in [3.8, 4) is 17.2 Å². The SMILES string of the molecule is Cc1cccc(-c2nc3ccc(NC(=O)C(C)Oc4ccc(Cl)cc4C)cc3o2)c1. The van der Waals surface area contributed by atoms with Gasteiger partial charge in [0.1, 0.15) is 11.3 Å². The van der Waals surface area contributed by atoms with Crippen molar-refractivity contribution in [1.29, 1.82) is 0 Å². The van der Waals surface area contributed by atoms with E-state index in [2.05, 4.69) is 10.3 Å². The van der Waals surface area contributed by atoms with Crippen LogP contribution in [0.1, 0.15) is 18.1 Å². The molecule has 0 bridgehead atoms. The number of halogens is 1. The van der Waals surface area contributed by atoms with Crippen molar-refractivity contribution in [2.75, 3.05) is 5.32 Å². The van der Waals surface area contributed by atoms with E-state index in [0.29, 0.717) is 27.9 Å². The van der Waals surface area contributed by atoms with E-state index in [1.807, 2.05) is 44.2 Å². The van der Waals surface area contributed by atoms with Crippen molar-refractivity contribution >= 4 is 34.3 Å². The summed E-state index contributed by atoms with van der Waals surface area (Å²) >= 11 is 5.97. The summed E-state index contributed by atoms with van der Waals surface area (Å²) in [6.07, 6.45) is -0.682. The number of carbonyl (C=O) groups is 1. The quantitative estimate of drug-likeness (QED) is 0.419. The van der Waals surface area contributed by atoms with Crippen LogP contribution in [0.15, 0.2) is 65.1 Å². The molecule has 0 saturated heterocycles. The number of carbonyl (C=O) groups excluding carboxylic acids is 1. The van der Waals surface area contributed by atoms with E-state index < -0.39 is 6.10 Å². The highest BCUT2D eigenvalue weighted by Gasteiger charge is 2.17. The van der Waals surface area contributed by atoms with Gasteiger partial charge in [0, 0.05) is 22.3 Å². The van der Waals surface area contributed by atoms with Crippen molar-refractivity contribution in [2.24, 2.45) is 0 Å². The number of anilines is 1. The summed E-state index contributed by atoms with van der Waals surface area (Å²) in [5.74, 6) is 0.907. The lowest BCUT2D eigenvalue weighted by molar-refractivity contribution is -0.122. The molecule has 1 atom stereocenters. The predicted molar refractivity (Wildman–Crippen MR) is 119 cm³/mol. The summed E-state index contributed by atoms with van der Waals surface area (Å²) in [6.45, 7) is 5.61. The number of aryl methyl sites for hydroxylation is 2. The summed E-state index contributed by atoms with van der Waals surface area (Å²) < 4.78 is 11.7. The fourth-order valence-corrected chi connectivity index (χ4v) is 3.36. The Balaban J connectivity index is 1.49. The van der Waals surface area contributed by atoms with Gasteiger partial charge in [-0.15, -0.1) is 0 Å². The van der Waals surface area contributed by atoms with Gasteiger partial charge in [0.05, 0.1) is 0 Å². The number of ether oxygens (including phenoxy) is 1. The topological polar surface area (TPSA) is 64.4 Å². The van der Waals surface area contributed by atoms with Gasteiger partial charge < -0.3 is 14.5 Å². The fraction of sp³-hybridized carbons (Fsp3) is 0.167. The minimum absolute atomic E-state index is 0.262. The van der Waals surface area contributed by atoms with Crippen LogP contribution >= 0.6 is 11.6 Å². The molecule has 0 saturated carbocycles. The molecule has 5 nitrogen and oxygen atoms in total. The number of oxazole rings is 1. The molecular weight excluding hydrogens is 400 g/mol. The Bertz CT molecular complexity index is 1230. The van der Waals surface area contributed by atoms with Crippen molar-refractivity contribution in [2.45, 2.75) is 26.9 Å². The molecule has 0 radical (unpaired) electrons. The van der Waals surface area contributed by atoms with Crippen LogP contribution in [-0.2, 0) is 4.79 Å². The van der Waals surface area contributed by atoms with Crippen LogP contribution in [0.4, 0.5) is 5.69 Å². The number of aromatic nitrogens is 1. The maximum atomic E-state index is 12.6. The average molecular weight is 421 g/mol. The monoisotopic (exact) mass is 420 g/mol. The van der Waals surface area contributed by atoms with E-state index in [0.717, 1.165) is 22.2 Å². The minimum Gasteiger partial charge on any atom is -0.481 e. The van der Waals surface area contributed by atoms with Gasteiger partial charge in [-0.25, -0.2) is 4.98 Å². The second-order valence-electron chi connectivity index (χ2n) is 7.23. The number of nitrogens with zero attached hydrogens (tertiary/aromatic N) is 1. The van der Waals surface area contributed by atoms with Gasteiger partial charge >= 0.3 is 0 Å². The van der Waals surface area contributed by atoms with Gasteiger partial charge in [0.15, 0.2) is 11.7 Å².